The van der Waals surface area contributed by atoms with Crippen LogP contribution in [0.3, 0.4) is 0 Å². The first-order valence-electron chi connectivity index (χ1n) is 7.95. The lowest BCUT2D eigenvalue weighted by Crippen LogP contribution is -2.34. The molecule has 1 rings (SSSR count). The van der Waals surface area contributed by atoms with E-state index in [0.717, 1.165) is 32.2 Å². The number of benzene rings is 1. The van der Waals surface area contributed by atoms with Crippen LogP contribution in [0, 0.1) is 12.3 Å². The first-order chi connectivity index (χ1) is 9.93. The molecule has 0 saturated carbocycles. The minimum Gasteiger partial charge on any atom is -0.356 e. The number of hydrogen-bond acceptors (Lipinski definition) is 2. The molecule has 3 N–H and O–H groups in total. The topological polar surface area (TPSA) is 55.1 Å². The zero-order chi connectivity index (χ0) is 15.7. The van der Waals surface area contributed by atoms with E-state index in [1.54, 1.807) is 0 Å². The van der Waals surface area contributed by atoms with Crippen LogP contribution >= 0.6 is 0 Å². The van der Waals surface area contributed by atoms with Crippen molar-refractivity contribution in [3.63, 3.8) is 0 Å². The van der Waals surface area contributed by atoms with Gasteiger partial charge in [0.05, 0.1) is 0 Å². The monoisotopic (exact) mass is 290 g/mol. The van der Waals surface area contributed by atoms with Gasteiger partial charge in [-0.3, -0.25) is 4.79 Å². The summed E-state index contributed by atoms with van der Waals surface area (Å²) >= 11 is 0. The maximum atomic E-state index is 11.9. The average Bonchev–Trinajstić information content (AvgIpc) is 2.45. The highest BCUT2D eigenvalue weighted by atomic mass is 16.1. The van der Waals surface area contributed by atoms with Crippen molar-refractivity contribution in [2.24, 2.45) is 11.1 Å². The van der Waals surface area contributed by atoms with Crippen molar-refractivity contribution in [3.05, 3.63) is 35.4 Å². The predicted molar refractivity (Wildman–Crippen MR) is 89.2 cm³/mol. The van der Waals surface area contributed by atoms with Crippen molar-refractivity contribution in [2.75, 3.05) is 13.1 Å². The smallest absolute Gasteiger partial charge is 0.220 e. The Morgan fingerprint density at radius 1 is 1.19 bits per heavy atom. The number of aryl methyl sites for hydroxylation is 2. The summed E-state index contributed by atoms with van der Waals surface area (Å²) in [5.74, 6) is 0.155. The second-order valence-corrected chi connectivity index (χ2v) is 6.67. The van der Waals surface area contributed by atoms with E-state index in [0.29, 0.717) is 13.0 Å². The van der Waals surface area contributed by atoms with Crippen LogP contribution in [0.15, 0.2) is 24.3 Å². The molecule has 0 radical (unpaired) electrons. The summed E-state index contributed by atoms with van der Waals surface area (Å²) in [6.07, 6.45) is 4.52. The third kappa shape index (κ3) is 7.86. The molecule has 0 fully saturated rings. The Hall–Kier alpha value is -1.35. The molecule has 0 bridgehead atoms. The first-order valence-corrected chi connectivity index (χ1v) is 7.95. The second-order valence-electron chi connectivity index (χ2n) is 6.67. The van der Waals surface area contributed by atoms with Crippen molar-refractivity contribution < 1.29 is 4.79 Å². The summed E-state index contributed by atoms with van der Waals surface area (Å²) in [5.41, 5.74) is 8.24. The fourth-order valence-electron chi connectivity index (χ4n) is 2.30. The fourth-order valence-corrected chi connectivity index (χ4v) is 2.30. The Kier molecular flexibility index (Phi) is 7.44. The van der Waals surface area contributed by atoms with Crippen molar-refractivity contribution in [2.45, 2.75) is 52.9 Å². The molecule has 0 aliphatic carbocycles. The summed E-state index contributed by atoms with van der Waals surface area (Å²) in [7, 11) is 0. The Morgan fingerprint density at radius 3 is 2.48 bits per heavy atom. The first kappa shape index (κ1) is 17.7. The van der Waals surface area contributed by atoms with Gasteiger partial charge in [0.25, 0.3) is 0 Å². The average molecular weight is 290 g/mol. The molecule has 0 saturated heterocycles. The lowest BCUT2D eigenvalue weighted by molar-refractivity contribution is -0.121. The SMILES string of the molecule is Cc1ccc(CCCC(=O)NCC(C)(C)CCCN)cc1. The summed E-state index contributed by atoms with van der Waals surface area (Å²) in [6.45, 7) is 7.89. The van der Waals surface area contributed by atoms with Crippen LogP contribution in [-0.2, 0) is 11.2 Å². The van der Waals surface area contributed by atoms with E-state index < -0.39 is 0 Å². The maximum absolute atomic E-state index is 11.9. The van der Waals surface area contributed by atoms with Crippen LogP contribution in [0.5, 0.6) is 0 Å². The zero-order valence-electron chi connectivity index (χ0n) is 13.7. The number of nitrogens with two attached hydrogens (primary N) is 1. The molecular formula is C18H30N2O. The predicted octanol–water partition coefficient (Wildman–Crippen LogP) is 3.20. The number of carbonyl (C=O) groups is 1. The molecule has 118 valence electrons. The molecular weight excluding hydrogens is 260 g/mol. The Labute approximate surface area is 129 Å². The molecule has 0 aromatic heterocycles. The summed E-state index contributed by atoms with van der Waals surface area (Å²) < 4.78 is 0. The second kappa shape index (κ2) is 8.83. The molecule has 0 atom stereocenters. The molecule has 1 aromatic carbocycles. The van der Waals surface area contributed by atoms with E-state index in [-0.39, 0.29) is 11.3 Å². The molecule has 0 unspecified atom stereocenters. The quantitative estimate of drug-likeness (QED) is 0.734. The van der Waals surface area contributed by atoms with Gasteiger partial charge in [0.1, 0.15) is 0 Å². The van der Waals surface area contributed by atoms with Crippen LogP contribution in [0.25, 0.3) is 0 Å². The molecule has 1 amide bonds. The summed E-state index contributed by atoms with van der Waals surface area (Å²) in [4.78, 5) is 11.9. The van der Waals surface area contributed by atoms with Crippen LogP contribution in [0.1, 0.15) is 50.7 Å². The van der Waals surface area contributed by atoms with E-state index in [1.807, 2.05) is 0 Å². The number of nitrogens with one attached hydrogen (secondary N) is 1. The van der Waals surface area contributed by atoms with Crippen LogP contribution in [0.2, 0.25) is 0 Å². The minimum atomic E-state index is 0.131. The third-order valence-electron chi connectivity index (χ3n) is 3.81. The van der Waals surface area contributed by atoms with Crippen LogP contribution in [0.4, 0.5) is 0 Å². The van der Waals surface area contributed by atoms with Gasteiger partial charge in [0, 0.05) is 13.0 Å². The highest BCUT2D eigenvalue weighted by Crippen LogP contribution is 2.20. The summed E-state index contributed by atoms with van der Waals surface area (Å²) in [6, 6.07) is 8.52. The molecule has 21 heavy (non-hydrogen) atoms. The van der Waals surface area contributed by atoms with E-state index in [9.17, 15) is 4.79 Å². The van der Waals surface area contributed by atoms with Gasteiger partial charge >= 0.3 is 0 Å². The van der Waals surface area contributed by atoms with Gasteiger partial charge < -0.3 is 11.1 Å². The van der Waals surface area contributed by atoms with Gasteiger partial charge in [-0.1, -0.05) is 43.7 Å². The third-order valence-corrected chi connectivity index (χ3v) is 3.81. The number of carbonyl (C=O) groups excluding carboxylic acids is 1. The largest absolute Gasteiger partial charge is 0.356 e. The Bertz CT molecular complexity index is 423. The van der Waals surface area contributed by atoms with Crippen molar-refractivity contribution >= 4 is 5.91 Å². The van der Waals surface area contributed by atoms with E-state index in [1.165, 1.54) is 11.1 Å². The van der Waals surface area contributed by atoms with Gasteiger partial charge in [0.15, 0.2) is 0 Å². The molecule has 0 aliphatic heterocycles. The normalized spacial score (nSPS) is 11.4. The van der Waals surface area contributed by atoms with Gasteiger partial charge in [0.2, 0.25) is 5.91 Å². The zero-order valence-corrected chi connectivity index (χ0v) is 13.7. The van der Waals surface area contributed by atoms with Gasteiger partial charge in [-0.15, -0.1) is 0 Å². The van der Waals surface area contributed by atoms with Crippen molar-refractivity contribution in [3.8, 4) is 0 Å². The number of amides is 1. The van der Waals surface area contributed by atoms with E-state index >= 15 is 0 Å². The lowest BCUT2D eigenvalue weighted by atomic mass is 9.87. The van der Waals surface area contributed by atoms with Crippen molar-refractivity contribution in [1.29, 1.82) is 0 Å². The van der Waals surface area contributed by atoms with Gasteiger partial charge in [-0.05, 0) is 50.1 Å². The summed E-state index contributed by atoms with van der Waals surface area (Å²) in [5, 5.41) is 3.05. The minimum absolute atomic E-state index is 0.131. The number of hydrogen-bond donors (Lipinski definition) is 2. The number of rotatable bonds is 9. The molecule has 0 aliphatic rings. The lowest BCUT2D eigenvalue weighted by Gasteiger charge is -2.24. The van der Waals surface area contributed by atoms with Crippen molar-refractivity contribution in [1.82, 2.24) is 5.32 Å². The van der Waals surface area contributed by atoms with Crippen LogP contribution < -0.4 is 11.1 Å². The highest BCUT2D eigenvalue weighted by molar-refractivity contribution is 5.75. The van der Waals surface area contributed by atoms with E-state index in [2.05, 4.69) is 50.4 Å². The molecule has 0 heterocycles. The van der Waals surface area contributed by atoms with Gasteiger partial charge in [-0.25, -0.2) is 0 Å². The van der Waals surface area contributed by atoms with Gasteiger partial charge in [-0.2, -0.15) is 0 Å². The van der Waals surface area contributed by atoms with Crippen LogP contribution in [-0.4, -0.2) is 19.0 Å². The Morgan fingerprint density at radius 2 is 1.86 bits per heavy atom. The molecule has 3 heteroatoms. The molecule has 1 aromatic rings. The standard InChI is InChI=1S/C18H30N2O/c1-15-8-10-16(11-9-15)6-4-7-17(21)20-14-18(2,3)12-5-13-19/h8-11H,4-7,12-14,19H2,1-3H3,(H,20,21). The Balaban J connectivity index is 2.20. The van der Waals surface area contributed by atoms with E-state index in [4.69, 9.17) is 5.73 Å². The fraction of sp³-hybridized carbons (Fsp3) is 0.611. The highest BCUT2D eigenvalue weighted by Gasteiger charge is 2.17. The molecule has 0 spiro atoms. The molecule has 3 nitrogen and oxygen atoms in total. The maximum Gasteiger partial charge on any atom is 0.220 e.